The van der Waals surface area contributed by atoms with Gasteiger partial charge in [0.2, 0.25) is 0 Å². The van der Waals surface area contributed by atoms with Crippen LogP contribution in [0.25, 0.3) is 0 Å². The van der Waals surface area contributed by atoms with Gasteiger partial charge < -0.3 is 19.8 Å². The minimum absolute atomic E-state index is 0.175. The minimum Gasteiger partial charge on any atom is -0.489 e. The SMILES string of the molecule is CN1CCCC(Oc2ccc(C(O)C(=O)O)cc2)C1. The summed E-state index contributed by atoms with van der Waals surface area (Å²) >= 11 is 0. The molecule has 1 aliphatic rings. The number of aliphatic hydroxyl groups is 1. The molecule has 0 radical (unpaired) electrons. The van der Waals surface area contributed by atoms with Gasteiger partial charge in [0, 0.05) is 6.54 Å². The first-order chi connectivity index (χ1) is 9.06. The monoisotopic (exact) mass is 265 g/mol. The summed E-state index contributed by atoms with van der Waals surface area (Å²) in [5, 5.41) is 18.1. The van der Waals surface area contributed by atoms with Crippen LogP contribution < -0.4 is 4.74 Å². The Balaban J connectivity index is 1.96. The number of aliphatic carboxylic acids is 1. The van der Waals surface area contributed by atoms with Crippen molar-refractivity contribution in [3.63, 3.8) is 0 Å². The summed E-state index contributed by atoms with van der Waals surface area (Å²) in [7, 11) is 2.07. The molecule has 0 saturated carbocycles. The molecule has 2 unspecified atom stereocenters. The third-order valence-corrected chi connectivity index (χ3v) is 3.31. The number of carboxylic acids is 1. The number of hydrogen-bond acceptors (Lipinski definition) is 4. The number of carbonyl (C=O) groups is 1. The second kappa shape index (κ2) is 6.04. The zero-order valence-electron chi connectivity index (χ0n) is 11.0. The molecule has 1 aromatic carbocycles. The zero-order valence-corrected chi connectivity index (χ0v) is 11.0. The van der Waals surface area contributed by atoms with E-state index in [1.807, 2.05) is 0 Å². The Bertz CT molecular complexity index is 432. The highest BCUT2D eigenvalue weighted by Gasteiger charge is 2.19. The van der Waals surface area contributed by atoms with Crippen LogP contribution in [0.4, 0.5) is 0 Å². The third kappa shape index (κ3) is 3.68. The maximum absolute atomic E-state index is 10.7. The van der Waals surface area contributed by atoms with E-state index in [9.17, 15) is 9.90 Å². The Labute approximate surface area is 112 Å². The molecule has 2 rings (SSSR count). The van der Waals surface area contributed by atoms with Gasteiger partial charge in [-0.1, -0.05) is 12.1 Å². The predicted octanol–water partition coefficient (Wildman–Crippen LogP) is 1.28. The average Bonchev–Trinajstić information content (AvgIpc) is 2.39. The van der Waals surface area contributed by atoms with Gasteiger partial charge in [0.25, 0.3) is 0 Å². The van der Waals surface area contributed by atoms with Gasteiger partial charge in [-0.25, -0.2) is 4.79 Å². The van der Waals surface area contributed by atoms with Crippen LogP contribution in [-0.4, -0.2) is 47.3 Å². The number of likely N-dealkylation sites (N-methyl/N-ethyl adjacent to an activating group) is 1. The molecule has 19 heavy (non-hydrogen) atoms. The summed E-state index contributed by atoms with van der Waals surface area (Å²) in [5.74, 6) is -0.538. The van der Waals surface area contributed by atoms with E-state index in [4.69, 9.17) is 9.84 Å². The Morgan fingerprint density at radius 2 is 2.11 bits per heavy atom. The lowest BCUT2D eigenvalue weighted by atomic mass is 10.1. The van der Waals surface area contributed by atoms with Gasteiger partial charge in [-0.2, -0.15) is 0 Å². The van der Waals surface area contributed by atoms with Crippen molar-refractivity contribution >= 4 is 5.97 Å². The molecular weight excluding hydrogens is 246 g/mol. The van der Waals surface area contributed by atoms with Crippen LogP contribution in [0.3, 0.4) is 0 Å². The Morgan fingerprint density at radius 3 is 2.68 bits per heavy atom. The Morgan fingerprint density at radius 1 is 1.42 bits per heavy atom. The number of rotatable bonds is 4. The van der Waals surface area contributed by atoms with Crippen LogP contribution in [0, 0.1) is 0 Å². The molecule has 1 heterocycles. The van der Waals surface area contributed by atoms with E-state index in [2.05, 4.69) is 11.9 Å². The molecule has 104 valence electrons. The van der Waals surface area contributed by atoms with Crippen molar-refractivity contribution in [3.8, 4) is 5.75 Å². The number of hydrogen-bond donors (Lipinski definition) is 2. The summed E-state index contributed by atoms with van der Waals surface area (Å²) in [4.78, 5) is 12.9. The third-order valence-electron chi connectivity index (χ3n) is 3.31. The molecule has 0 spiro atoms. The molecule has 0 bridgehead atoms. The molecule has 2 atom stereocenters. The van der Waals surface area contributed by atoms with Crippen LogP contribution in [0.1, 0.15) is 24.5 Å². The molecule has 1 fully saturated rings. The van der Waals surface area contributed by atoms with Crippen LogP contribution in [-0.2, 0) is 4.79 Å². The number of nitrogens with zero attached hydrogens (tertiary/aromatic N) is 1. The second-order valence-corrected chi connectivity index (χ2v) is 4.95. The molecule has 1 aliphatic heterocycles. The van der Waals surface area contributed by atoms with Crippen LogP contribution >= 0.6 is 0 Å². The molecule has 1 aromatic rings. The quantitative estimate of drug-likeness (QED) is 0.858. The fourth-order valence-electron chi connectivity index (χ4n) is 2.28. The maximum Gasteiger partial charge on any atom is 0.337 e. The first-order valence-electron chi connectivity index (χ1n) is 6.42. The first kappa shape index (κ1) is 13.8. The molecule has 0 amide bonds. The highest BCUT2D eigenvalue weighted by atomic mass is 16.5. The lowest BCUT2D eigenvalue weighted by Gasteiger charge is -2.30. The summed E-state index contributed by atoms with van der Waals surface area (Å²) in [6, 6.07) is 6.58. The van der Waals surface area contributed by atoms with Gasteiger partial charge in [-0.05, 0) is 44.1 Å². The molecule has 0 aromatic heterocycles. The fraction of sp³-hybridized carbons (Fsp3) is 0.500. The van der Waals surface area contributed by atoms with Crippen molar-refractivity contribution in [2.75, 3.05) is 20.1 Å². The van der Waals surface area contributed by atoms with Gasteiger partial charge >= 0.3 is 5.97 Å². The van der Waals surface area contributed by atoms with E-state index in [1.165, 1.54) is 0 Å². The number of piperidine rings is 1. The predicted molar refractivity (Wildman–Crippen MR) is 70.2 cm³/mol. The summed E-state index contributed by atoms with van der Waals surface area (Å²) < 4.78 is 5.85. The lowest BCUT2D eigenvalue weighted by Crippen LogP contribution is -2.38. The lowest BCUT2D eigenvalue weighted by molar-refractivity contribution is -0.146. The summed E-state index contributed by atoms with van der Waals surface area (Å²) in [6.45, 7) is 2.00. The van der Waals surface area contributed by atoms with Gasteiger partial charge in [0.1, 0.15) is 11.9 Å². The Kier molecular flexibility index (Phi) is 4.39. The van der Waals surface area contributed by atoms with Crippen molar-refractivity contribution in [2.45, 2.75) is 25.0 Å². The average molecular weight is 265 g/mol. The minimum atomic E-state index is -1.48. The Hall–Kier alpha value is -1.59. The standard InChI is InChI=1S/C14H19NO4/c1-15-8-2-3-12(9-15)19-11-6-4-10(5-7-11)13(16)14(17)18/h4-7,12-13,16H,2-3,8-9H2,1H3,(H,17,18). The molecule has 2 N–H and O–H groups in total. The van der Waals surface area contributed by atoms with Crippen molar-refractivity contribution in [1.82, 2.24) is 4.90 Å². The van der Waals surface area contributed by atoms with Crippen LogP contribution in [0.2, 0.25) is 0 Å². The second-order valence-electron chi connectivity index (χ2n) is 4.95. The highest BCUT2D eigenvalue weighted by Crippen LogP contribution is 2.21. The first-order valence-corrected chi connectivity index (χ1v) is 6.42. The highest BCUT2D eigenvalue weighted by molar-refractivity contribution is 5.74. The van der Waals surface area contributed by atoms with E-state index in [0.717, 1.165) is 25.9 Å². The molecule has 0 aliphatic carbocycles. The fourth-order valence-corrected chi connectivity index (χ4v) is 2.28. The van der Waals surface area contributed by atoms with Gasteiger partial charge in [0.05, 0.1) is 0 Å². The molecule has 1 saturated heterocycles. The molecule has 5 nitrogen and oxygen atoms in total. The largest absolute Gasteiger partial charge is 0.489 e. The van der Waals surface area contributed by atoms with Crippen LogP contribution in [0.5, 0.6) is 5.75 Å². The van der Waals surface area contributed by atoms with E-state index >= 15 is 0 Å². The van der Waals surface area contributed by atoms with Crippen molar-refractivity contribution < 1.29 is 19.7 Å². The van der Waals surface area contributed by atoms with Gasteiger partial charge in [-0.3, -0.25) is 0 Å². The number of ether oxygens (including phenoxy) is 1. The van der Waals surface area contributed by atoms with Gasteiger partial charge in [0.15, 0.2) is 6.10 Å². The van der Waals surface area contributed by atoms with E-state index < -0.39 is 12.1 Å². The van der Waals surface area contributed by atoms with Crippen molar-refractivity contribution in [1.29, 1.82) is 0 Å². The normalized spacial score (nSPS) is 21.9. The molecule has 5 heteroatoms. The van der Waals surface area contributed by atoms with E-state index in [1.54, 1.807) is 24.3 Å². The smallest absolute Gasteiger partial charge is 0.337 e. The van der Waals surface area contributed by atoms with Crippen LogP contribution in [0.15, 0.2) is 24.3 Å². The van der Waals surface area contributed by atoms with E-state index in [-0.39, 0.29) is 6.10 Å². The van der Waals surface area contributed by atoms with Gasteiger partial charge in [-0.15, -0.1) is 0 Å². The number of carboxylic acid groups (broad SMARTS) is 1. The topological polar surface area (TPSA) is 70.0 Å². The summed E-state index contributed by atoms with van der Waals surface area (Å²) in [5.41, 5.74) is 0.362. The number of benzene rings is 1. The number of aliphatic hydroxyl groups excluding tert-OH is 1. The number of likely N-dealkylation sites (tertiary alicyclic amines) is 1. The van der Waals surface area contributed by atoms with Crippen molar-refractivity contribution in [3.05, 3.63) is 29.8 Å². The van der Waals surface area contributed by atoms with E-state index in [0.29, 0.717) is 11.3 Å². The van der Waals surface area contributed by atoms with Crippen molar-refractivity contribution in [2.24, 2.45) is 0 Å². The summed E-state index contributed by atoms with van der Waals surface area (Å²) in [6.07, 6.45) is 0.852. The zero-order chi connectivity index (χ0) is 13.8. The molecular formula is C14H19NO4. The maximum atomic E-state index is 10.7.